The maximum absolute atomic E-state index is 12.7. The molecule has 0 saturated heterocycles. The van der Waals surface area contributed by atoms with Gasteiger partial charge in [0.25, 0.3) is 0 Å². The number of aryl methyl sites for hydroxylation is 1. The predicted octanol–water partition coefficient (Wildman–Crippen LogP) is 9.63. The molecule has 4 nitrogen and oxygen atoms in total. The fraction of sp³-hybridized carbons (Fsp3) is 0.686. The highest BCUT2D eigenvalue weighted by molar-refractivity contribution is 6.74. The Morgan fingerprint density at radius 3 is 2.27 bits per heavy atom. The summed E-state index contributed by atoms with van der Waals surface area (Å²) in [7, 11) is -4.02. The van der Waals surface area contributed by atoms with Crippen LogP contribution in [0, 0.1) is 11.8 Å². The number of ether oxygens (including phenoxy) is 1. The highest BCUT2D eigenvalue weighted by atomic mass is 28.4. The van der Waals surface area contributed by atoms with Crippen molar-refractivity contribution in [2.45, 2.75) is 141 Å². The number of carbonyl (C=O) groups excluding carboxylic acids is 1. The minimum absolute atomic E-state index is 0.0290. The minimum atomic E-state index is -2.03. The van der Waals surface area contributed by atoms with Crippen LogP contribution >= 0.6 is 0 Å². The fourth-order valence-corrected chi connectivity index (χ4v) is 8.07. The molecule has 1 aliphatic heterocycles. The van der Waals surface area contributed by atoms with E-state index in [1.165, 1.54) is 5.56 Å². The van der Waals surface area contributed by atoms with Gasteiger partial charge in [-0.1, -0.05) is 96.2 Å². The second-order valence-electron chi connectivity index (χ2n) is 15.3. The molecule has 1 aromatic rings. The molecule has 230 valence electrons. The van der Waals surface area contributed by atoms with Gasteiger partial charge in [0, 0.05) is 24.7 Å². The Labute approximate surface area is 253 Å². The van der Waals surface area contributed by atoms with Crippen molar-refractivity contribution in [3.05, 3.63) is 60.2 Å². The number of fused-ring (bicyclic) bond motifs is 1. The summed E-state index contributed by atoms with van der Waals surface area (Å²) in [6, 6.07) is 10.7. The van der Waals surface area contributed by atoms with Crippen LogP contribution in [0.15, 0.2) is 54.6 Å². The molecule has 1 saturated carbocycles. The van der Waals surface area contributed by atoms with E-state index in [4.69, 9.17) is 13.6 Å². The van der Waals surface area contributed by atoms with Crippen LogP contribution in [0.4, 0.5) is 0 Å². The van der Waals surface area contributed by atoms with Gasteiger partial charge < -0.3 is 13.6 Å². The van der Waals surface area contributed by atoms with E-state index in [-0.39, 0.29) is 46.2 Å². The SMILES string of the molecule is CC(C)(C)[Si](C)(C)OC1C[C@@H]2OC(=O)CCC/C=C\C[C@@H]2[C@H]1/C=C/[C@H](CCc1ccccc1)O[Si](C)(C)C(C)(C)C. The second kappa shape index (κ2) is 13.9. The highest BCUT2D eigenvalue weighted by Gasteiger charge is 2.48. The lowest BCUT2D eigenvalue weighted by Gasteiger charge is -2.40. The maximum Gasteiger partial charge on any atom is 0.306 e. The van der Waals surface area contributed by atoms with Crippen molar-refractivity contribution >= 4 is 22.6 Å². The summed E-state index contributed by atoms with van der Waals surface area (Å²) in [5, 5.41) is 0.242. The monoisotopic (exact) mass is 598 g/mol. The molecule has 1 fully saturated rings. The summed E-state index contributed by atoms with van der Waals surface area (Å²) in [6.45, 7) is 23.2. The Morgan fingerprint density at radius 1 is 0.976 bits per heavy atom. The predicted molar refractivity (Wildman–Crippen MR) is 177 cm³/mol. The molecule has 0 spiro atoms. The average molecular weight is 599 g/mol. The van der Waals surface area contributed by atoms with Gasteiger partial charge >= 0.3 is 5.97 Å². The summed E-state index contributed by atoms with van der Waals surface area (Å²) in [4.78, 5) is 12.7. The zero-order chi connectivity index (χ0) is 30.5. The molecule has 6 heteroatoms. The molecule has 5 atom stereocenters. The lowest BCUT2D eigenvalue weighted by Crippen LogP contribution is -2.45. The van der Waals surface area contributed by atoms with Crippen LogP contribution < -0.4 is 0 Å². The molecule has 0 N–H and O–H groups in total. The Morgan fingerprint density at radius 2 is 1.63 bits per heavy atom. The van der Waals surface area contributed by atoms with Crippen molar-refractivity contribution < 1.29 is 18.4 Å². The molecular formula is C35H58O4Si2. The zero-order valence-electron chi connectivity index (χ0n) is 27.7. The van der Waals surface area contributed by atoms with Crippen LogP contribution in [-0.2, 0) is 24.8 Å². The number of carbonyl (C=O) groups is 1. The summed E-state index contributed by atoms with van der Waals surface area (Å²) in [5.41, 5.74) is 1.34. The topological polar surface area (TPSA) is 44.8 Å². The number of hydrogen-bond donors (Lipinski definition) is 0. The molecule has 0 radical (unpaired) electrons. The summed E-state index contributed by atoms with van der Waals surface area (Å²) >= 11 is 0. The van der Waals surface area contributed by atoms with Crippen LogP contribution in [0.1, 0.15) is 85.6 Å². The molecular weight excluding hydrogens is 541 g/mol. The molecule has 0 bridgehead atoms. The van der Waals surface area contributed by atoms with Crippen LogP contribution in [0.5, 0.6) is 0 Å². The summed E-state index contributed by atoms with van der Waals surface area (Å²) in [6.07, 6.45) is 15.1. The Bertz CT molecular complexity index is 1030. The maximum atomic E-state index is 12.7. The molecule has 0 amide bonds. The molecule has 1 aliphatic carbocycles. The van der Waals surface area contributed by atoms with Crippen molar-refractivity contribution in [3.63, 3.8) is 0 Å². The van der Waals surface area contributed by atoms with Crippen molar-refractivity contribution in [1.82, 2.24) is 0 Å². The number of hydrogen-bond acceptors (Lipinski definition) is 4. The largest absolute Gasteiger partial charge is 0.462 e. The van der Waals surface area contributed by atoms with Crippen molar-refractivity contribution in [3.8, 4) is 0 Å². The Kier molecular flexibility index (Phi) is 11.5. The third-order valence-electron chi connectivity index (χ3n) is 10.1. The van der Waals surface area contributed by atoms with Crippen LogP contribution in [-0.4, -0.2) is 40.9 Å². The summed E-state index contributed by atoms with van der Waals surface area (Å²) in [5.74, 6) is 0.322. The Hall–Kier alpha value is -1.48. The lowest BCUT2D eigenvalue weighted by atomic mass is 9.89. The van der Waals surface area contributed by atoms with Gasteiger partial charge in [-0.3, -0.25) is 4.79 Å². The molecule has 1 heterocycles. The van der Waals surface area contributed by atoms with Crippen LogP contribution in [0.2, 0.25) is 36.3 Å². The van der Waals surface area contributed by atoms with Gasteiger partial charge in [-0.2, -0.15) is 0 Å². The van der Waals surface area contributed by atoms with Gasteiger partial charge in [-0.15, -0.1) is 0 Å². The van der Waals surface area contributed by atoms with Gasteiger partial charge in [0.1, 0.15) is 6.10 Å². The average Bonchev–Trinajstić information content (AvgIpc) is 3.16. The standard InChI is InChI=1S/C35H58O4Si2/c1-34(2,3)40(7,8)38-28(23-22-27-18-14-13-15-19-27)24-25-30-29-20-16-11-12-17-21-33(36)37-31(29)26-32(30)39-41(9,10)35(4,5)6/h11,13-16,18-19,24-25,28-32H,12,17,20-23,26H2,1-10H3/b16-11-,25-24+/t28-,29+,30+,31-,32?/m0/s1. The first kappa shape index (κ1) is 34.0. The molecule has 1 aromatic carbocycles. The van der Waals surface area contributed by atoms with E-state index in [0.29, 0.717) is 6.42 Å². The highest BCUT2D eigenvalue weighted by Crippen LogP contribution is 2.46. The minimum Gasteiger partial charge on any atom is -0.462 e. The molecule has 41 heavy (non-hydrogen) atoms. The first-order valence-electron chi connectivity index (χ1n) is 15.9. The van der Waals surface area contributed by atoms with E-state index in [2.05, 4.69) is 122 Å². The molecule has 3 rings (SSSR count). The molecule has 1 unspecified atom stereocenters. The second-order valence-corrected chi connectivity index (χ2v) is 24.9. The third-order valence-corrected chi connectivity index (χ3v) is 19.1. The van der Waals surface area contributed by atoms with Crippen LogP contribution in [0.25, 0.3) is 0 Å². The number of benzene rings is 1. The number of esters is 1. The van der Waals surface area contributed by atoms with Crippen LogP contribution in [0.3, 0.4) is 0 Å². The first-order chi connectivity index (χ1) is 19.0. The van der Waals surface area contributed by atoms with E-state index in [0.717, 1.165) is 38.5 Å². The fourth-order valence-electron chi connectivity index (χ4n) is 5.40. The van der Waals surface area contributed by atoms with E-state index in [1.54, 1.807) is 0 Å². The Balaban J connectivity index is 1.94. The van der Waals surface area contributed by atoms with E-state index >= 15 is 0 Å². The van der Waals surface area contributed by atoms with Gasteiger partial charge in [0.2, 0.25) is 0 Å². The quantitative estimate of drug-likeness (QED) is 0.161. The van der Waals surface area contributed by atoms with Gasteiger partial charge in [0.05, 0.1) is 12.2 Å². The van der Waals surface area contributed by atoms with Crippen molar-refractivity contribution in [2.24, 2.45) is 11.8 Å². The van der Waals surface area contributed by atoms with E-state index in [9.17, 15) is 4.79 Å². The molecule has 2 aliphatic rings. The third kappa shape index (κ3) is 9.51. The van der Waals surface area contributed by atoms with Gasteiger partial charge in [-0.25, -0.2) is 0 Å². The number of allylic oxidation sites excluding steroid dienone is 2. The first-order valence-corrected chi connectivity index (χ1v) is 21.7. The van der Waals surface area contributed by atoms with Gasteiger partial charge in [-0.05, 0) is 73.9 Å². The lowest BCUT2D eigenvalue weighted by molar-refractivity contribution is -0.151. The normalized spacial score (nSPS) is 26.4. The molecule has 0 aromatic heterocycles. The number of rotatable bonds is 9. The summed E-state index contributed by atoms with van der Waals surface area (Å²) < 4.78 is 20.3. The van der Waals surface area contributed by atoms with E-state index < -0.39 is 16.6 Å². The van der Waals surface area contributed by atoms with Gasteiger partial charge in [0.15, 0.2) is 16.6 Å². The van der Waals surface area contributed by atoms with Crippen molar-refractivity contribution in [2.75, 3.05) is 0 Å². The smallest absolute Gasteiger partial charge is 0.306 e. The van der Waals surface area contributed by atoms with E-state index in [1.807, 2.05) is 0 Å². The van der Waals surface area contributed by atoms with Crippen molar-refractivity contribution in [1.29, 1.82) is 0 Å². The zero-order valence-corrected chi connectivity index (χ0v) is 29.7.